The summed E-state index contributed by atoms with van der Waals surface area (Å²) < 4.78 is 5.35. The first kappa shape index (κ1) is 12.6. The molecule has 0 N–H and O–H groups in total. The molecule has 94 valence electrons. The quantitative estimate of drug-likeness (QED) is 0.725. The van der Waals surface area contributed by atoms with Gasteiger partial charge in [0.25, 0.3) is 0 Å². The van der Waals surface area contributed by atoms with Gasteiger partial charge in [0.05, 0.1) is 13.2 Å². The molecule has 1 saturated heterocycles. The predicted molar refractivity (Wildman–Crippen MR) is 71.4 cm³/mol. The number of ether oxygens (including phenoxy) is 1. The SMILES string of the molecule is Cc1cccc(CCCCN2CCOCC2)c1. The lowest BCUT2D eigenvalue weighted by Crippen LogP contribution is -2.36. The van der Waals surface area contributed by atoms with E-state index < -0.39 is 0 Å². The molecule has 2 rings (SSSR count). The van der Waals surface area contributed by atoms with Crippen LogP contribution in [0.15, 0.2) is 24.3 Å². The van der Waals surface area contributed by atoms with Gasteiger partial charge in [-0.15, -0.1) is 0 Å². The molecule has 1 aromatic carbocycles. The number of benzene rings is 1. The van der Waals surface area contributed by atoms with E-state index in [2.05, 4.69) is 36.1 Å². The van der Waals surface area contributed by atoms with Crippen molar-refractivity contribution in [3.05, 3.63) is 35.4 Å². The van der Waals surface area contributed by atoms with Crippen molar-refractivity contribution in [3.8, 4) is 0 Å². The molecule has 2 nitrogen and oxygen atoms in total. The highest BCUT2D eigenvalue weighted by Gasteiger charge is 2.08. The fourth-order valence-corrected chi connectivity index (χ4v) is 2.36. The molecule has 1 fully saturated rings. The predicted octanol–water partition coefficient (Wildman–Crippen LogP) is 2.65. The van der Waals surface area contributed by atoms with Crippen LogP contribution in [0.2, 0.25) is 0 Å². The Morgan fingerprint density at radius 2 is 2.00 bits per heavy atom. The Morgan fingerprint density at radius 3 is 2.76 bits per heavy atom. The Hall–Kier alpha value is -0.860. The molecule has 1 aliphatic heterocycles. The van der Waals surface area contributed by atoms with Gasteiger partial charge in [-0.1, -0.05) is 29.8 Å². The fourth-order valence-electron chi connectivity index (χ4n) is 2.36. The standard InChI is InChI=1S/C15H23NO/c1-14-5-4-7-15(13-14)6-2-3-8-16-9-11-17-12-10-16/h4-5,7,13H,2-3,6,8-12H2,1H3. The average Bonchev–Trinajstić information content (AvgIpc) is 2.36. The van der Waals surface area contributed by atoms with Gasteiger partial charge in [-0.3, -0.25) is 4.90 Å². The maximum absolute atomic E-state index is 5.35. The van der Waals surface area contributed by atoms with E-state index in [0.29, 0.717) is 0 Å². The maximum atomic E-state index is 5.35. The van der Waals surface area contributed by atoms with Gasteiger partial charge in [-0.2, -0.15) is 0 Å². The first-order valence-electron chi connectivity index (χ1n) is 6.70. The van der Waals surface area contributed by atoms with Crippen LogP contribution in [0.1, 0.15) is 24.0 Å². The third-order valence-electron chi connectivity index (χ3n) is 3.38. The Kier molecular flexibility index (Phi) is 5.02. The molecule has 1 aromatic rings. The van der Waals surface area contributed by atoms with Crippen LogP contribution in [0.5, 0.6) is 0 Å². The van der Waals surface area contributed by atoms with Gasteiger partial charge >= 0.3 is 0 Å². The van der Waals surface area contributed by atoms with E-state index in [1.807, 2.05) is 0 Å². The molecule has 0 unspecified atom stereocenters. The highest BCUT2D eigenvalue weighted by Crippen LogP contribution is 2.08. The molecule has 1 heterocycles. The summed E-state index contributed by atoms with van der Waals surface area (Å²) in [7, 11) is 0. The van der Waals surface area contributed by atoms with Crippen molar-refractivity contribution in [2.45, 2.75) is 26.2 Å². The third-order valence-corrected chi connectivity index (χ3v) is 3.38. The molecule has 0 atom stereocenters. The van der Waals surface area contributed by atoms with Crippen molar-refractivity contribution in [1.82, 2.24) is 4.90 Å². The van der Waals surface area contributed by atoms with Gasteiger partial charge in [-0.05, 0) is 38.3 Å². The summed E-state index contributed by atoms with van der Waals surface area (Å²) in [5.74, 6) is 0. The topological polar surface area (TPSA) is 12.5 Å². The normalized spacial score (nSPS) is 17.2. The molecule has 1 aliphatic rings. The number of morpholine rings is 1. The lowest BCUT2D eigenvalue weighted by Gasteiger charge is -2.26. The van der Waals surface area contributed by atoms with Crippen molar-refractivity contribution in [3.63, 3.8) is 0 Å². The first-order chi connectivity index (χ1) is 8.34. The summed E-state index contributed by atoms with van der Waals surface area (Å²) in [4.78, 5) is 2.51. The van der Waals surface area contributed by atoms with Crippen LogP contribution in [0, 0.1) is 6.92 Å². The molecule has 0 radical (unpaired) electrons. The molecule has 0 spiro atoms. The summed E-state index contributed by atoms with van der Waals surface area (Å²) in [6.45, 7) is 7.46. The summed E-state index contributed by atoms with van der Waals surface area (Å²) >= 11 is 0. The van der Waals surface area contributed by atoms with Crippen LogP contribution >= 0.6 is 0 Å². The van der Waals surface area contributed by atoms with Gasteiger partial charge in [0.1, 0.15) is 0 Å². The summed E-state index contributed by atoms with van der Waals surface area (Å²) in [6.07, 6.45) is 3.81. The third kappa shape index (κ3) is 4.49. The van der Waals surface area contributed by atoms with Crippen LogP contribution in [-0.2, 0) is 11.2 Å². The van der Waals surface area contributed by atoms with E-state index in [9.17, 15) is 0 Å². The van der Waals surface area contributed by atoms with E-state index in [-0.39, 0.29) is 0 Å². The van der Waals surface area contributed by atoms with Crippen LogP contribution in [0.25, 0.3) is 0 Å². The Balaban J connectivity index is 1.62. The second-order valence-electron chi connectivity index (χ2n) is 4.90. The molecule has 2 heteroatoms. The maximum Gasteiger partial charge on any atom is 0.0594 e. The number of hydrogen-bond donors (Lipinski definition) is 0. The number of unbranched alkanes of at least 4 members (excludes halogenated alkanes) is 1. The Bertz CT molecular complexity index is 331. The van der Waals surface area contributed by atoms with E-state index in [0.717, 1.165) is 26.3 Å². The number of rotatable bonds is 5. The molecular formula is C15H23NO. The summed E-state index contributed by atoms with van der Waals surface area (Å²) in [5.41, 5.74) is 2.85. The van der Waals surface area contributed by atoms with Gasteiger partial charge in [0.2, 0.25) is 0 Å². The van der Waals surface area contributed by atoms with E-state index in [1.165, 1.54) is 36.9 Å². The highest BCUT2D eigenvalue weighted by atomic mass is 16.5. The number of hydrogen-bond acceptors (Lipinski definition) is 2. The van der Waals surface area contributed by atoms with Crippen LogP contribution in [0.3, 0.4) is 0 Å². The molecule has 0 aliphatic carbocycles. The van der Waals surface area contributed by atoms with Crippen molar-refractivity contribution >= 4 is 0 Å². The lowest BCUT2D eigenvalue weighted by atomic mass is 10.1. The second kappa shape index (κ2) is 6.77. The minimum absolute atomic E-state index is 0.915. The fraction of sp³-hybridized carbons (Fsp3) is 0.600. The monoisotopic (exact) mass is 233 g/mol. The second-order valence-corrected chi connectivity index (χ2v) is 4.90. The van der Waals surface area contributed by atoms with Crippen molar-refractivity contribution in [2.75, 3.05) is 32.8 Å². The van der Waals surface area contributed by atoms with Crippen LogP contribution < -0.4 is 0 Å². The number of nitrogens with zero attached hydrogens (tertiary/aromatic N) is 1. The molecule has 0 aromatic heterocycles. The smallest absolute Gasteiger partial charge is 0.0594 e. The molecule has 0 amide bonds. The molecule has 0 bridgehead atoms. The minimum atomic E-state index is 0.915. The minimum Gasteiger partial charge on any atom is -0.379 e. The zero-order valence-corrected chi connectivity index (χ0v) is 10.8. The Labute approximate surface area is 105 Å². The van der Waals surface area contributed by atoms with E-state index in [1.54, 1.807) is 0 Å². The zero-order chi connectivity index (χ0) is 11.9. The van der Waals surface area contributed by atoms with Crippen molar-refractivity contribution < 1.29 is 4.74 Å². The van der Waals surface area contributed by atoms with E-state index in [4.69, 9.17) is 4.74 Å². The Morgan fingerprint density at radius 1 is 1.18 bits per heavy atom. The largest absolute Gasteiger partial charge is 0.379 e. The van der Waals surface area contributed by atoms with E-state index >= 15 is 0 Å². The van der Waals surface area contributed by atoms with Crippen LogP contribution in [0.4, 0.5) is 0 Å². The van der Waals surface area contributed by atoms with Gasteiger partial charge < -0.3 is 4.74 Å². The van der Waals surface area contributed by atoms with Crippen LogP contribution in [-0.4, -0.2) is 37.7 Å². The van der Waals surface area contributed by atoms with Gasteiger partial charge in [0.15, 0.2) is 0 Å². The summed E-state index contributed by atoms with van der Waals surface area (Å²) in [6, 6.07) is 8.86. The molecule has 0 saturated carbocycles. The van der Waals surface area contributed by atoms with Crippen molar-refractivity contribution in [1.29, 1.82) is 0 Å². The number of aryl methyl sites for hydroxylation is 2. The zero-order valence-electron chi connectivity index (χ0n) is 10.8. The average molecular weight is 233 g/mol. The molecular weight excluding hydrogens is 210 g/mol. The van der Waals surface area contributed by atoms with Crippen molar-refractivity contribution in [2.24, 2.45) is 0 Å². The van der Waals surface area contributed by atoms with Gasteiger partial charge in [-0.25, -0.2) is 0 Å². The summed E-state index contributed by atoms with van der Waals surface area (Å²) in [5, 5.41) is 0. The first-order valence-corrected chi connectivity index (χ1v) is 6.70. The molecule has 17 heavy (non-hydrogen) atoms. The highest BCUT2D eigenvalue weighted by molar-refractivity contribution is 5.22. The lowest BCUT2D eigenvalue weighted by molar-refractivity contribution is 0.0372. The van der Waals surface area contributed by atoms with Gasteiger partial charge in [0, 0.05) is 13.1 Å².